The minimum Gasteiger partial charge on any atom is -0.468 e. The largest absolute Gasteiger partial charge is 0.468 e. The first-order valence-corrected chi connectivity index (χ1v) is 7.03. The number of hydrogen-bond donors (Lipinski definition) is 1. The summed E-state index contributed by atoms with van der Waals surface area (Å²) in [5.41, 5.74) is 5.33. The van der Waals surface area contributed by atoms with Gasteiger partial charge in [0.2, 0.25) is 10.0 Å². The maximum absolute atomic E-state index is 12.1. The van der Waals surface area contributed by atoms with E-state index in [1.807, 2.05) is 6.92 Å². The van der Waals surface area contributed by atoms with E-state index in [0.717, 1.165) is 4.31 Å². The molecule has 0 aliphatic heterocycles. The van der Waals surface area contributed by atoms with Crippen LogP contribution < -0.4 is 5.73 Å². The quantitative estimate of drug-likeness (QED) is 0.517. The first-order valence-electron chi connectivity index (χ1n) is 5.12. The van der Waals surface area contributed by atoms with E-state index in [1.165, 1.54) is 14.0 Å². The molecule has 0 bridgehead atoms. The smallest absolute Gasteiger partial charge is 0.321 e. The second kappa shape index (κ2) is 6.87. The molecule has 0 aromatic rings. The van der Waals surface area contributed by atoms with Crippen LogP contribution >= 0.6 is 12.2 Å². The first kappa shape index (κ1) is 16.3. The number of methoxy groups -OCH3 is 1. The van der Waals surface area contributed by atoms with Crippen molar-refractivity contribution in [3.63, 3.8) is 0 Å². The zero-order chi connectivity index (χ0) is 13.6. The zero-order valence-corrected chi connectivity index (χ0v) is 11.8. The predicted octanol–water partition coefficient (Wildman–Crippen LogP) is -0.124. The monoisotopic (exact) mass is 282 g/mol. The van der Waals surface area contributed by atoms with Crippen LogP contribution in [0.4, 0.5) is 0 Å². The van der Waals surface area contributed by atoms with Crippen LogP contribution in [0.5, 0.6) is 0 Å². The van der Waals surface area contributed by atoms with E-state index >= 15 is 0 Å². The first-order chi connectivity index (χ1) is 7.77. The number of rotatable bonds is 7. The highest BCUT2D eigenvalue weighted by Crippen LogP contribution is 2.10. The van der Waals surface area contributed by atoms with Gasteiger partial charge < -0.3 is 10.5 Å². The van der Waals surface area contributed by atoms with Crippen molar-refractivity contribution in [1.82, 2.24) is 4.31 Å². The van der Waals surface area contributed by atoms with Crippen molar-refractivity contribution in [2.75, 3.05) is 20.2 Å². The molecule has 0 aromatic heterocycles. The van der Waals surface area contributed by atoms with E-state index in [9.17, 15) is 13.2 Å². The normalized spacial score (nSPS) is 13.4. The van der Waals surface area contributed by atoms with E-state index in [-0.39, 0.29) is 18.1 Å². The van der Waals surface area contributed by atoms with E-state index in [1.54, 1.807) is 0 Å². The summed E-state index contributed by atoms with van der Waals surface area (Å²) in [5, 5.41) is -0.992. The summed E-state index contributed by atoms with van der Waals surface area (Å²) in [7, 11) is -2.50. The number of hydrogen-bond acceptors (Lipinski definition) is 5. The molecule has 17 heavy (non-hydrogen) atoms. The van der Waals surface area contributed by atoms with E-state index in [2.05, 4.69) is 17.0 Å². The molecule has 1 unspecified atom stereocenters. The number of carbonyl (C=O) groups excluding carboxylic acids is 1. The number of ether oxygens (including phenoxy) is 1. The SMILES string of the molecule is CCCN(CC(=O)OC)S(=O)(=O)C(C)C(N)=S. The van der Waals surface area contributed by atoms with Crippen molar-refractivity contribution in [3.8, 4) is 0 Å². The van der Waals surface area contributed by atoms with Crippen molar-refractivity contribution >= 4 is 33.2 Å². The van der Waals surface area contributed by atoms with E-state index in [0.29, 0.717) is 6.42 Å². The molecule has 0 aliphatic carbocycles. The Kier molecular flexibility index (Phi) is 6.58. The minimum absolute atomic E-state index is 0.115. The predicted molar refractivity (Wildman–Crippen MR) is 69.0 cm³/mol. The number of carbonyl (C=O) groups is 1. The van der Waals surface area contributed by atoms with Crippen LogP contribution in [0.15, 0.2) is 0 Å². The molecule has 1 atom stereocenters. The summed E-state index contributed by atoms with van der Waals surface area (Å²) < 4.78 is 29.6. The van der Waals surface area contributed by atoms with Crippen molar-refractivity contribution in [2.45, 2.75) is 25.5 Å². The standard InChI is InChI=1S/C9H18N2O4S2/c1-4-5-11(6-8(12)15-3)17(13,14)7(2)9(10)16/h7H,4-6H2,1-3H3,(H2,10,16). The van der Waals surface area contributed by atoms with Crippen LogP contribution in [-0.4, -0.2) is 49.1 Å². The summed E-state index contributed by atoms with van der Waals surface area (Å²) in [4.78, 5) is 11.0. The molecule has 0 aromatic carbocycles. The Hall–Kier alpha value is -0.730. The third-order valence-electron chi connectivity index (χ3n) is 2.21. The molecule has 2 N–H and O–H groups in total. The van der Waals surface area contributed by atoms with Crippen LogP contribution in [-0.2, 0) is 19.6 Å². The van der Waals surface area contributed by atoms with Gasteiger partial charge in [0.25, 0.3) is 0 Å². The van der Waals surface area contributed by atoms with Crippen molar-refractivity contribution in [2.24, 2.45) is 5.73 Å². The fourth-order valence-corrected chi connectivity index (χ4v) is 2.95. The summed E-state index contributed by atoms with van der Waals surface area (Å²) >= 11 is 4.67. The van der Waals surface area contributed by atoms with Gasteiger partial charge in [0, 0.05) is 6.54 Å². The molecule has 6 nitrogen and oxygen atoms in total. The maximum Gasteiger partial charge on any atom is 0.321 e. The summed E-state index contributed by atoms with van der Waals surface area (Å²) in [6, 6.07) is 0. The number of nitrogens with two attached hydrogens (primary N) is 1. The Morgan fingerprint density at radius 2 is 2.06 bits per heavy atom. The molecule has 0 saturated heterocycles. The van der Waals surface area contributed by atoms with Crippen LogP contribution in [0, 0.1) is 0 Å². The number of esters is 1. The molecule has 100 valence electrons. The molecule has 0 fully saturated rings. The molecule has 0 heterocycles. The second-order valence-corrected chi connectivity index (χ2v) is 6.22. The zero-order valence-electron chi connectivity index (χ0n) is 10.2. The fraction of sp³-hybridized carbons (Fsp3) is 0.778. The molecular weight excluding hydrogens is 264 g/mol. The van der Waals surface area contributed by atoms with Gasteiger partial charge >= 0.3 is 5.97 Å². The van der Waals surface area contributed by atoms with Gasteiger partial charge in [-0.25, -0.2) is 8.42 Å². The van der Waals surface area contributed by atoms with Crippen molar-refractivity contribution < 1.29 is 17.9 Å². The number of thiocarbonyl (C=S) groups is 1. The highest BCUT2D eigenvalue weighted by atomic mass is 32.2. The summed E-state index contributed by atoms with van der Waals surface area (Å²) in [6.45, 7) is 3.12. The lowest BCUT2D eigenvalue weighted by Gasteiger charge is -2.23. The van der Waals surface area contributed by atoms with Gasteiger partial charge in [0.05, 0.1) is 12.1 Å². The van der Waals surface area contributed by atoms with E-state index in [4.69, 9.17) is 5.73 Å². The lowest BCUT2D eigenvalue weighted by molar-refractivity contribution is -0.140. The Morgan fingerprint density at radius 1 is 1.53 bits per heavy atom. The average Bonchev–Trinajstić information content (AvgIpc) is 2.26. The Labute approximate surface area is 107 Å². The van der Waals surface area contributed by atoms with Gasteiger partial charge in [-0.1, -0.05) is 19.1 Å². The molecule has 0 saturated carbocycles. The van der Waals surface area contributed by atoms with Gasteiger partial charge in [0.15, 0.2) is 0 Å². The van der Waals surface area contributed by atoms with E-state index < -0.39 is 21.2 Å². The number of sulfonamides is 1. The molecule has 0 rings (SSSR count). The fourth-order valence-electron chi connectivity index (χ4n) is 1.12. The lowest BCUT2D eigenvalue weighted by atomic mass is 10.5. The van der Waals surface area contributed by atoms with Crippen LogP contribution in [0.2, 0.25) is 0 Å². The lowest BCUT2D eigenvalue weighted by Crippen LogP contribution is -2.45. The highest BCUT2D eigenvalue weighted by molar-refractivity contribution is 7.92. The van der Waals surface area contributed by atoms with Crippen molar-refractivity contribution in [1.29, 1.82) is 0 Å². The third-order valence-corrected chi connectivity index (χ3v) is 4.90. The summed E-state index contributed by atoms with van der Waals surface area (Å²) in [6.07, 6.45) is 0.584. The van der Waals surface area contributed by atoms with Gasteiger partial charge in [-0.15, -0.1) is 0 Å². The number of nitrogens with zero attached hydrogens (tertiary/aromatic N) is 1. The minimum atomic E-state index is -3.70. The van der Waals surface area contributed by atoms with Gasteiger partial charge in [-0.2, -0.15) is 4.31 Å². The molecular formula is C9H18N2O4S2. The van der Waals surface area contributed by atoms with Crippen molar-refractivity contribution in [3.05, 3.63) is 0 Å². The van der Waals surface area contributed by atoms with Gasteiger partial charge in [0.1, 0.15) is 11.8 Å². The molecule has 0 radical (unpaired) electrons. The Bertz CT molecular complexity index is 380. The Balaban J connectivity index is 5.04. The maximum atomic E-state index is 12.1. The molecule has 0 spiro atoms. The second-order valence-electron chi connectivity index (χ2n) is 3.50. The van der Waals surface area contributed by atoms with Gasteiger partial charge in [-0.05, 0) is 13.3 Å². The molecule has 0 amide bonds. The van der Waals surface area contributed by atoms with Crippen LogP contribution in [0.3, 0.4) is 0 Å². The third kappa shape index (κ3) is 4.57. The molecule has 0 aliphatic rings. The molecule has 8 heteroatoms. The Morgan fingerprint density at radius 3 is 2.41 bits per heavy atom. The highest BCUT2D eigenvalue weighted by Gasteiger charge is 2.31. The van der Waals surface area contributed by atoms with Crippen LogP contribution in [0.1, 0.15) is 20.3 Å². The topological polar surface area (TPSA) is 89.7 Å². The van der Waals surface area contributed by atoms with Gasteiger partial charge in [-0.3, -0.25) is 4.79 Å². The average molecular weight is 282 g/mol. The van der Waals surface area contributed by atoms with Crippen LogP contribution in [0.25, 0.3) is 0 Å². The summed E-state index contributed by atoms with van der Waals surface area (Å²) in [5.74, 6) is -0.614.